The summed E-state index contributed by atoms with van der Waals surface area (Å²) in [4.78, 5) is 26.9. The second-order valence-electron chi connectivity index (χ2n) is 8.32. The van der Waals surface area contributed by atoms with Crippen LogP contribution in [0, 0.1) is 5.92 Å². The molecule has 0 aliphatic carbocycles. The predicted molar refractivity (Wildman–Crippen MR) is 114 cm³/mol. The number of rotatable bonds is 4. The third-order valence-electron chi connectivity index (χ3n) is 4.83. The molecule has 0 bridgehead atoms. The van der Waals surface area contributed by atoms with Crippen LogP contribution < -0.4 is 5.32 Å². The van der Waals surface area contributed by atoms with Gasteiger partial charge in [0.15, 0.2) is 0 Å². The smallest absolute Gasteiger partial charge is 0.410 e. The number of halogens is 1. The lowest BCUT2D eigenvalue weighted by atomic mass is 9.97. The Bertz CT molecular complexity index is 847. The minimum atomic E-state index is -0.551. The van der Waals surface area contributed by atoms with Gasteiger partial charge in [0, 0.05) is 18.1 Å². The van der Waals surface area contributed by atoms with E-state index in [1.165, 1.54) is 0 Å². The number of hydrogen-bond donors (Lipinski definition) is 1. The van der Waals surface area contributed by atoms with Crippen molar-refractivity contribution in [1.29, 1.82) is 0 Å². The number of likely N-dealkylation sites (tertiary alicyclic amines) is 1. The molecule has 1 saturated heterocycles. The largest absolute Gasteiger partial charge is 0.444 e. The van der Waals surface area contributed by atoms with E-state index in [2.05, 4.69) is 5.32 Å². The molecule has 0 saturated carbocycles. The molecule has 2 aromatic rings. The van der Waals surface area contributed by atoms with Crippen molar-refractivity contribution in [1.82, 2.24) is 10.2 Å². The first-order chi connectivity index (χ1) is 13.7. The summed E-state index contributed by atoms with van der Waals surface area (Å²) in [7, 11) is 0. The van der Waals surface area contributed by atoms with Crippen molar-refractivity contribution in [3.63, 3.8) is 0 Å². The summed E-state index contributed by atoms with van der Waals surface area (Å²) in [6, 6.07) is 17.0. The van der Waals surface area contributed by atoms with E-state index in [-0.39, 0.29) is 24.0 Å². The summed E-state index contributed by atoms with van der Waals surface area (Å²) >= 11 is 6.03. The highest BCUT2D eigenvalue weighted by Gasteiger charge is 2.34. The molecule has 1 fully saturated rings. The van der Waals surface area contributed by atoms with E-state index in [0.29, 0.717) is 24.5 Å². The molecule has 5 nitrogen and oxygen atoms in total. The number of carbonyl (C=O) groups excluding carboxylic acids is 2. The Labute approximate surface area is 177 Å². The molecule has 29 heavy (non-hydrogen) atoms. The van der Waals surface area contributed by atoms with Crippen LogP contribution in [0.25, 0.3) is 0 Å². The lowest BCUT2D eigenvalue weighted by Gasteiger charge is -2.25. The third kappa shape index (κ3) is 5.73. The summed E-state index contributed by atoms with van der Waals surface area (Å²) in [5.74, 6) is -0.333. The predicted octanol–water partition coefficient (Wildman–Crippen LogP) is 4.80. The molecule has 1 aliphatic heterocycles. The quantitative estimate of drug-likeness (QED) is 0.781. The van der Waals surface area contributed by atoms with E-state index in [1.807, 2.05) is 75.4 Å². The highest BCUT2D eigenvalue weighted by molar-refractivity contribution is 6.30. The number of nitrogens with zero attached hydrogens (tertiary/aromatic N) is 1. The second-order valence-corrected chi connectivity index (χ2v) is 8.75. The molecule has 0 radical (unpaired) electrons. The maximum atomic E-state index is 13.0. The Morgan fingerprint density at radius 1 is 1.07 bits per heavy atom. The van der Waals surface area contributed by atoms with Crippen LogP contribution in [0.15, 0.2) is 54.6 Å². The molecule has 2 unspecified atom stereocenters. The van der Waals surface area contributed by atoms with E-state index < -0.39 is 5.60 Å². The lowest BCUT2D eigenvalue weighted by molar-refractivity contribution is -0.125. The fourth-order valence-corrected chi connectivity index (χ4v) is 3.51. The zero-order valence-electron chi connectivity index (χ0n) is 17.0. The summed E-state index contributed by atoms with van der Waals surface area (Å²) in [6.07, 6.45) is 0.248. The Morgan fingerprint density at radius 3 is 2.31 bits per heavy atom. The first-order valence-electron chi connectivity index (χ1n) is 9.81. The van der Waals surface area contributed by atoms with Gasteiger partial charge in [0.25, 0.3) is 0 Å². The SMILES string of the molecule is CC(C)(C)OC(=O)N1CCC(C(=O)NC(c2ccccc2)c2ccc(Cl)cc2)C1. The summed E-state index contributed by atoms with van der Waals surface area (Å²) in [6.45, 7) is 6.39. The van der Waals surface area contributed by atoms with Crippen LogP contribution >= 0.6 is 11.6 Å². The number of ether oxygens (including phenoxy) is 1. The number of benzene rings is 2. The van der Waals surface area contributed by atoms with E-state index in [9.17, 15) is 9.59 Å². The van der Waals surface area contributed by atoms with Crippen LogP contribution in [0.5, 0.6) is 0 Å². The van der Waals surface area contributed by atoms with Gasteiger partial charge in [0.05, 0.1) is 12.0 Å². The zero-order valence-corrected chi connectivity index (χ0v) is 17.8. The van der Waals surface area contributed by atoms with Crippen LogP contribution in [0.1, 0.15) is 44.4 Å². The number of carbonyl (C=O) groups is 2. The van der Waals surface area contributed by atoms with Gasteiger partial charge in [-0.3, -0.25) is 4.79 Å². The Kier molecular flexibility index (Phi) is 6.48. The van der Waals surface area contributed by atoms with Gasteiger partial charge < -0.3 is 15.0 Å². The van der Waals surface area contributed by atoms with Gasteiger partial charge in [-0.05, 0) is 50.5 Å². The fraction of sp³-hybridized carbons (Fsp3) is 0.391. The first-order valence-corrected chi connectivity index (χ1v) is 10.2. The standard InChI is InChI=1S/C23H27ClN2O3/c1-23(2,3)29-22(28)26-14-13-18(15-26)21(27)25-20(16-7-5-4-6-8-16)17-9-11-19(24)12-10-17/h4-12,18,20H,13-15H2,1-3H3,(H,25,27). The first kappa shape index (κ1) is 21.2. The maximum Gasteiger partial charge on any atom is 0.410 e. The van der Waals surface area contributed by atoms with Gasteiger partial charge in [-0.15, -0.1) is 0 Å². The molecular weight excluding hydrogens is 388 g/mol. The van der Waals surface area contributed by atoms with Crippen LogP contribution in [0.4, 0.5) is 4.79 Å². The van der Waals surface area contributed by atoms with Gasteiger partial charge in [-0.1, -0.05) is 54.1 Å². The van der Waals surface area contributed by atoms with Crippen LogP contribution in [0.2, 0.25) is 5.02 Å². The molecule has 2 aromatic carbocycles. The minimum absolute atomic E-state index is 0.0696. The summed E-state index contributed by atoms with van der Waals surface area (Å²) in [5, 5.41) is 3.81. The molecule has 1 N–H and O–H groups in total. The molecule has 1 aliphatic rings. The highest BCUT2D eigenvalue weighted by atomic mass is 35.5. The topological polar surface area (TPSA) is 58.6 Å². The van der Waals surface area contributed by atoms with Crippen molar-refractivity contribution in [3.8, 4) is 0 Å². The minimum Gasteiger partial charge on any atom is -0.444 e. The average molecular weight is 415 g/mol. The van der Waals surface area contributed by atoms with Crippen molar-refractivity contribution < 1.29 is 14.3 Å². The fourth-order valence-electron chi connectivity index (χ4n) is 3.39. The molecular formula is C23H27ClN2O3. The van der Waals surface area contributed by atoms with Crippen molar-refractivity contribution >= 4 is 23.6 Å². The second kappa shape index (κ2) is 8.87. The number of nitrogens with one attached hydrogen (secondary N) is 1. The van der Waals surface area contributed by atoms with E-state index in [0.717, 1.165) is 11.1 Å². The molecule has 0 aromatic heterocycles. The van der Waals surface area contributed by atoms with Crippen LogP contribution in [-0.2, 0) is 9.53 Å². The van der Waals surface area contributed by atoms with Crippen molar-refractivity contribution in [3.05, 3.63) is 70.7 Å². The van der Waals surface area contributed by atoms with Crippen molar-refractivity contribution in [2.75, 3.05) is 13.1 Å². The van der Waals surface area contributed by atoms with E-state index >= 15 is 0 Å². The van der Waals surface area contributed by atoms with E-state index in [4.69, 9.17) is 16.3 Å². The molecule has 1 heterocycles. The Morgan fingerprint density at radius 2 is 1.69 bits per heavy atom. The average Bonchev–Trinajstić information content (AvgIpc) is 3.17. The third-order valence-corrected chi connectivity index (χ3v) is 5.09. The lowest BCUT2D eigenvalue weighted by Crippen LogP contribution is -2.38. The number of hydrogen-bond acceptors (Lipinski definition) is 3. The van der Waals surface area contributed by atoms with Crippen molar-refractivity contribution in [2.45, 2.75) is 38.8 Å². The normalized spacial score (nSPS) is 17.7. The van der Waals surface area contributed by atoms with Gasteiger partial charge >= 0.3 is 6.09 Å². The molecule has 6 heteroatoms. The molecule has 2 amide bonds. The Hall–Kier alpha value is -2.53. The highest BCUT2D eigenvalue weighted by Crippen LogP contribution is 2.26. The number of amides is 2. The van der Waals surface area contributed by atoms with Gasteiger partial charge in [-0.25, -0.2) is 4.79 Å². The molecule has 3 rings (SSSR count). The molecule has 2 atom stereocenters. The summed E-state index contributed by atoms with van der Waals surface area (Å²) < 4.78 is 5.42. The maximum absolute atomic E-state index is 13.0. The molecule has 0 spiro atoms. The van der Waals surface area contributed by atoms with Crippen molar-refractivity contribution in [2.24, 2.45) is 5.92 Å². The Balaban J connectivity index is 1.71. The van der Waals surface area contributed by atoms with Gasteiger partial charge in [-0.2, -0.15) is 0 Å². The van der Waals surface area contributed by atoms with Crippen LogP contribution in [0.3, 0.4) is 0 Å². The van der Waals surface area contributed by atoms with Gasteiger partial charge in [0.1, 0.15) is 5.60 Å². The van der Waals surface area contributed by atoms with Crippen LogP contribution in [-0.4, -0.2) is 35.6 Å². The van der Waals surface area contributed by atoms with Gasteiger partial charge in [0.2, 0.25) is 5.91 Å². The molecule has 154 valence electrons. The monoisotopic (exact) mass is 414 g/mol. The van der Waals surface area contributed by atoms with E-state index in [1.54, 1.807) is 4.90 Å². The summed E-state index contributed by atoms with van der Waals surface area (Å²) in [5.41, 5.74) is 1.39. The zero-order chi connectivity index (χ0) is 21.0.